The molecule has 5 heteroatoms. The molecule has 3 rings (SSSR count). The van der Waals surface area contributed by atoms with E-state index >= 15 is 0 Å². The van der Waals surface area contributed by atoms with Crippen LogP contribution in [0.3, 0.4) is 0 Å². The maximum atomic E-state index is 14.0. The van der Waals surface area contributed by atoms with Gasteiger partial charge in [0.05, 0.1) is 6.04 Å². The van der Waals surface area contributed by atoms with E-state index < -0.39 is 11.6 Å². The van der Waals surface area contributed by atoms with Gasteiger partial charge >= 0.3 is 6.03 Å². The second kappa shape index (κ2) is 6.20. The third kappa shape index (κ3) is 2.95. The maximum absolute atomic E-state index is 14.0. The average Bonchev–Trinajstić information content (AvgIpc) is 3.00. The Bertz CT molecular complexity index is 759. The van der Waals surface area contributed by atoms with E-state index in [1.807, 2.05) is 36.4 Å². The first-order valence-corrected chi connectivity index (χ1v) is 7.29. The van der Waals surface area contributed by atoms with Gasteiger partial charge in [-0.3, -0.25) is 0 Å². The molecule has 1 aliphatic rings. The molecule has 0 unspecified atom stereocenters. The number of carbonyl (C=O) groups excluding carboxylic acids is 1. The Morgan fingerprint density at radius 3 is 2.57 bits per heavy atom. The van der Waals surface area contributed by atoms with E-state index in [0.29, 0.717) is 11.1 Å². The number of nitrogens with one attached hydrogen (secondary N) is 1. The molecule has 0 radical (unpaired) electrons. The Morgan fingerprint density at radius 2 is 1.91 bits per heavy atom. The quantitative estimate of drug-likeness (QED) is 0.900. The van der Waals surface area contributed by atoms with Gasteiger partial charge in [0.1, 0.15) is 11.6 Å². The number of rotatable bonds is 2. The first kappa shape index (κ1) is 15.2. The molecular weight excluding hydrogens is 298 g/mol. The van der Waals surface area contributed by atoms with Crippen molar-refractivity contribution in [2.75, 3.05) is 13.6 Å². The highest BCUT2D eigenvalue weighted by atomic mass is 19.1. The monoisotopic (exact) mass is 314 g/mol. The second-order valence-electron chi connectivity index (χ2n) is 5.35. The van der Waals surface area contributed by atoms with E-state index in [1.54, 1.807) is 11.9 Å². The van der Waals surface area contributed by atoms with E-state index in [9.17, 15) is 13.6 Å². The summed E-state index contributed by atoms with van der Waals surface area (Å²) in [6, 6.07) is 12.5. The van der Waals surface area contributed by atoms with Crippen LogP contribution in [-0.4, -0.2) is 24.5 Å². The van der Waals surface area contributed by atoms with Crippen molar-refractivity contribution >= 4 is 11.6 Å². The molecular formula is C18H16F2N2O. The van der Waals surface area contributed by atoms with E-state index in [1.165, 1.54) is 12.1 Å². The Hall–Kier alpha value is -2.69. The van der Waals surface area contributed by atoms with Gasteiger partial charge in [-0.2, -0.15) is 0 Å². The second-order valence-corrected chi connectivity index (χ2v) is 5.35. The average molecular weight is 314 g/mol. The summed E-state index contributed by atoms with van der Waals surface area (Å²) in [5.41, 5.74) is 1.92. The van der Waals surface area contributed by atoms with Crippen molar-refractivity contribution in [1.82, 2.24) is 10.2 Å². The summed E-state index contributed by atoms with van der Waals surface area (Å²) in [7, 11) is 1.56. The summed E-state index contributed by atoms with van der Waals surface area (Å²) in [5.74, 6) is -1.24. The molecule has 1 atom stereocenters. The van der Waals surface area contributed by atoms with Crippen molar-refractivity contribution in [3.63, 3.8) is 0 Å². The number of urea groups is 1. The highest BCUT2D eigenvalue weighted by molar-refractivity contribution is 5.81. The van der Waals surface area contributed by atoms with Crippen LogP contribution in [0.5, 0.6) is 0 Å². The molecule has 2 amide bonds. The summed E-state index contributed by atoms with van der Waals surface area (Å²) in [4.78, 5) is 13.8. The fourth-order valence-corrected chi connectivity index (χ4v) is 2.81. The Morgan fingerprint density at radius 1 is 1.17 bits per heavy atom. The zero-order chi connectivity index (χ0) is 16.4. The Labute approximate surface area is 133 Å². The summed E-state index contributed by atoms with van der Waals surface area (Å²) < 4.78 is 27.1. The molecule has 0 saturated heterocycles. The smallest absolute Gasteiger partial charge is 0.318 e. The number of halogens is 2. The first-order valence-electron chi connectivity index (χ1n) is 7.29. The van der Waals surface area contributed by atoms with Gasteiger partial charge in [0.15, 0.2) is 0 Å². The van der Waals surface area contributed by atoms with Crippen molar-refractivity contribution in [1.29, 1.82) is 0 Å². The van der Waals surface area contributed by atoms with E-state index in [4.69, 9.17) is 0 Å². The number of amides is 2. The first-order chi connectivity index (χ1) is 11.1. The van der Waals surface area contributed by atoms with Crippen LogP contribution >= 0.6 is 0 Å². The maximum Gasteiger partial charge on any atom is 0.318 e. The minimum atomic E-state index is -0.623. The molecule has 0 aliphatic carbocycles. The molecule has 118 valence electrons. The SMILES string of the molecule is CNC(=O)N1CC(c2ccc(F)cc2F)=C[C@H]1c1ccccc1. The molecule has 3 nitrogen and oxygen atoms in total. The Kier molecular flexibility index (Phi) is 4.10. The van der Waals surface area contributed by atoms with Crippen LogP contribution in [0, 0.1) is 11.6 Å². The largest absolute Gasteiger partial charge is 0.341 e. The zero-order valence-corrected chi connectivity index (χ0v) is 12.6. The molecule has 2 aromatic rings. The van der Waals surface area contributed by atoms with Crippen LogP contribution in [0.15, 0.2) is 54.6 Å². The molecule has 0 saturated carbocycles. The Balaban J connectivity index is 2.01. The number of benzene rings is 2. The third-order valence-electron chi connectivity index (χ3n) is 3.93. The molecule has 0 fully saturated rings. The normalized spacial score (nSPS) is 17.1. The highest BCUT2D eigenvalue weighted by Gasteiger charge is 2.31. The van der Waals surface area contributed by atoms with E-state index in [0.717, 1.165) is 11.6 Å². The van der Waals surface area contributed by atoms with Crippen molar-refractivity contribution in [2.24, 2.45) is 0 Å². The van der Waals surface area contributed by atoms with Gasteiger partial charge in [0, 0.05) is 25.2 Å². The number of hydrogen-bond donors (Lipinski definition) is 1. The minimum absolute atomic E-state index is 0.243. The number of hydrogen-bond acceptors (Lipinski definition) is 1. The predicted octanol–water partition coefficient (Wildman–Crippen LogP) is 3.74. The summed E-state index contributed by atoms with van der Waals surface area (Å²) in [6.07, 6.45) is 1.85. The van der Waals surface area contributed by atoms with Crippen LogP contribution in [0.4, 0.5) is 13.6 Å². The van der Waals surface area contributed by atoms with Gasteiger partial charge in [-0.15, -0.1) is 0 Å². The molecule has 2 aromatic carbocycles. The van der Waals surface area contributed by atoms with E-state index in [2.05, 4.69) is 5.32 Å². The molecule has 23 heavy (non-hydrogen) atoms. The van der Waals surface area contributed by atoms with Crippen LogP contribution in [0.25, 0.3) is 5.57 Å². The summed E-state index contributed by atoms with van der Waals surface area (Å²) in [5, 5.41) is 2.60. The summed E-state index contributed by atoms with van der Waals surface area (Å²) in [6.45, 7) is 0.266. The van der Waals surface area contributed by atoms with Crippen molar-refractivity contribution in [2.45, 2.75) is 6.04 Å². The standard InChI is InChI=1S/C18H16F2N2O/c1-21-18(23)22-11-13(15-8-7-14(19)10-16(15)20)9-17(22)12-5-3-2-4-6-12/h2-10,17H,11H2,1H3,(H,21,23)/t17-/m0/s1. The molecule has 1 aliphatic heterocycles. The lowest BCUT2D eigenvalue weighted by atomic mass is 10.0. The third-order valence-corrected chi connectivity index (χ3v) is 3.93. The number of carbonyl (C=O) groups is 1. The van der Waals surface area contributed by atoms with Gasteiger partial charge in [0.2, 0.25) is 0 Å². The zero-order valence-electron chi connectivity index (χ0n) is 12.6. The van der Waals surface area contributed by atoms with Gasteiger partial charge in [-0.25, -0.2) is 13.6 Å². The molecule has 0 spiro atoms. The molecule has 1 heterocycles. The topological polar surface area (TPSA) is 32.3 Å². The molecule has 0 bridgehead atoms. The highest BCUT2D eigenvalue weighted by Crippen LogP contribution is 2.35. The lowest BCUT2D eigenvalue weighted by Crippen LogP contribution is -2.38. The lowest BCUT2D eigenvalue weighted by molar-refractivity contribution is 0.200. The van der Waals surface area contributed by atoms with Gasteiger partial charge in [-0.05, 0) is 23.3 Å². The van der Waals surface area contributed by atoms with Crippen molar-refractivity contribution in [3.8, 4) is 0 Å². The fraction of sp³-hybridized carbons (Fsp3) is 0.167. The predicted molar refractivity (Wildman–Crippen MR) is 84.7 cm³/mol. The van der Waals surface area contributed by atoms with Crippen LogP contribution < -0.4 is 5.32 Å². The van der Waals surface area contributed by atoms with E-state index in [-0.39, 0.29) is 18.6 Å². The lowest BCUT2D eigenvalue weighted by Gasteiger charge is -2.24. The van der Waals surface area contributed by atoms with Gasteiger partial charge in [0.25, 0.3) is 0 Å². The van der Waals surface area contributed by atoms with Gasteiger partial charge in [-0.1, -0.05) is 36.4 Å². The van der Waals surface area contributed by atoms with Crippen LogP contribution in [0.2, 0.25) is 0 Å². The molecule has 1 N–H and O–H groups in total. The summed E-state index contributed by atoms with van der Waals surface area (Å²) >= 11 is 0. The van der Waals surface area contributed by atoms with Crippen LogP contribution in [-0.2, 0) is 0 Å². The van der Waals surface area contributed by atoms with Crippen molar-refractivity contribution in [3.05, 3.63) is 77.4 Å². The minimum Gasteiger partial charge on any atom is -0.341 e. The van der Waals surface area contributed by atoms with Crippen molar-refractivity contribution < 1.29 is 13.6 Å². The number of nitrogens with zero attached hydrogens (tertiary/aromatic N) is 1. The van der Waals surface area contributed by atoms with Crippen LogP contribution in [0.1, 0.15) is 17.2 Å². The fourth-order valence-electron chi connectivity index (χ4n) is 2.81. The van der Waals surface area contributed by atoms with Gasteiger partial charge < -0.3 is 10.2 Å². The molecule has 0 aromatic heterocycles.